The van der Waals surface area contributed by atoms with Crippen molar-refractivity contribution in [3.8, 4) is 5.88 Å². The molecular formula is C21H28F3N3O5. The summed E-state index contributed by atoms with van der Waals surface area (Å²) in [6.07, 6.45) is -3.92. The number of carbonyl (C=O) groups is 2. The first-order chi connectivity index (χ1) is 14.7. The number of hydrogen-bond donors (Lipinski definition) is 3. The Labute approximate surface area is 183 Å². The van der Waals surface area contributed by atoms with Gasteiger partial charge in [0.25, 0.3) is 5.91 Å². The molecule has 2 bridgehead atoms. The molecule has 1 heterocycles. The van der Waals surface area contributed by atoms with Gasteiger partial charge in [0.15, 0.2) is 6.61 Å². The number of rotatable bonds is 5. The van der Waals surface area contributed by atoms with Crippen LogP contribution in [0.1, 0.15) is 58.6 Å². The summed E-state index contributed by atoms with van der Waals surface area (Å²) in [6, 6.07) is 3.20. The first-order valence-corrected chi connectivity index (χ1v) is 10.4. The van der Waals surface area contributed by atoms with Gasteiger partial charge in [-0.1, -0.05) is 6.07 Å². The number of aliphatic hydroxyl groups excluding tert-OH is 1. The molecule has 3 aliphatic rings. The minimum Gasteiger partial charge on any atom is -0.468 e. The van der Waals surface area contributed by atoms with E-state index in [0.717, 1.165) is 12.1 Å². The van der Waals surface area contributed by atoms with Crippen LogP contribution in [-0.2, 0) is 15.7 Å². The van der Waals surface area contributed by atoms with Gasteiger partial charge in [-0.05, 0) is 58.9 Å². The van der Waals surface area contributed by atoms with Gasteiger partial charge in [0.05, 0.1) is 11.6 Å². The van der Waals surface area contributed by atoms with E-state index >= 15 is 0 Å². The van der Waals surface area contributed by atoms with E-state index in [2.05, 4.69) is 15.6 Å². The number of alkyl carbamates (subject to hydrolysis) is 1. The predicted molar refractivity (Wildman–Crippen MR) is 107 cm³/mol. The van der Waals surface area contributed by atoms with E-state index < -0.39 is 53.3 Å². The van der Waals surface area contributed by atoms with E-state index in [1.54, 1.807) is 20.8 Å². The third-order valence-electron chi connectivity index (χ3n) is 5.84. The summed E-state index contributed by atoms with van der Waals surface area (Å²) in [4.78, 5) is 28.0. The number of halogens is 3. The summed E-state index contributed by atoms with van der Waals surface area (Å²) < 4.78 is 48.7. The van der Waals surface area contributed by atoms with Gasteiger partial charge in [0, 0.05) is 11.6 Å². The Morgan fingerprint density at radius 1 is 1.16 bits per heavy atom. The van der Waals surface area contributed by atoms with Crippen LogP contribution in [0.3, 0.4) is 0 Å². The van der Waals surface area contributed by atoms with Crippen molar-refractivity contribution in [3.63, 3.8) is 0 Å². The molecule has 0 saturated heterocycles. The highest BCUT2D eigenvalue weighted by atomic mass is 19.4. The second-order valence-corrected chi connectivity index (χ2v) is 9.48. The molecule has 0 aromatic carbocycles. The Morgan fingerprint density at radius 3 is 2.38 bits per heavy atom. The first kappa shape index (κ1) is 24.1. The van der Waals surface area contributed by atoms with Gasteiger partial charge in [-0.3, -0.25) is 4.79 Å². The minimum absolute atomic E-state index is 0.232. The maximum Gasteiger partial charge on any atom is 0.433 e. The lowest BCUT2D eigenvalue weighted by Crippen LogP contribution is -2.70. The zero-order valence-electron chi connectivity index (χ0n) is 18.2. The molecular weight excluding hydrogens is 431 g/mol. The average molecular weight is 459 g/mol. The second-order valence-electron chi connectivity index (χ2n) is 9.48. The topological polar surface area (TPSA) is 110 Å². The van der Waals surface area contributed by atoms with Gasteiger partial charge in [0.1, 0.15) is 11.3 Å². The van der Waals surface area contributed by atoms with Crippen LogP contribution in [0.15, 0.2) is 18.2 Å². The molecule has 0 radical (unpaired) electrons. The molecule has 3 aliphatic carbocycles. The largest absolute Gasteiger partial charge is 0.468 e. The fourth-order valence-corrected chi connectivity index (χ4v) is 4.29. The maximum atomic E-state index is 12.7. The van der Waals surface area contributed by atoms with Crippen molar-refractivity contribution >= 4 is 12.0 Å². The van der Waals surface area contributed by atoms with E-state index in [9.17, 15) is 27.9 Å². The maximum absolute atomic E-state index is 12.7. The Balaban J connectivity index is 1.55. The van der Waals surface area contributed by atoms with Crippen LogP contribution in [0.5, 0.6) is 5.88 Å². The average Bonchev–Trinajstić information content (AvgIpc) is 2.66. The summed E-state index contributed by atoms with van der Waals surface area (Å²) in [6.45, 7) is 4.74. The smallest absolute Gasteiger partial charge is 0.433 e. The Kier molecular flexibility index (Phi) is 6.34. The Morgan fingerprint density at radius 2 is 1.81 bits per heavy atom. The van der Waals surface area contributed by atoms with Crippen LogP contribution in [0, 0.1) is 0 Å². The van der Waals surface area contributed by atoms with Crippen LogP contribution in [-0.4, -0.2) is 51.5 Å². The number of carbonyl (C=O) groups excluding carboxylic acids is 2. The number of aromatic nitrogens is 1. The highest BCUT2D eigenvalue weighted by Gasteiger charge is 2.55. The van der Waals surface area contributed by atoms with E-state index in [1.807, 2.05) is 0 Å². The molecule has 3 N–H and O–H groups in total. The second kappa shape index (κ2) is 8.42. The molecule has 4 rings (SSSR count). The summed E-state index contributed by atoms with van der Waals surface area (Å²) in [7, 11) is 0. The number of pyridine rings is 1. The highest BCUT2D eigenvalue weighted by molar-refractivity contribution is 5.78. The standard InChI is InChI=1S/C21H28F3N3O5/c1-18(2,3)32-17(30)27-20-9-7-19(8-10-20,11-14(20)28)26-15(29)12-31-16-6-4-5-13(25-16)21(22,23)24/h4-6,14,28H,7-12H2,1-3H3,(H,26,29)(H,27,30)/t14-,19?,20?/m0/s1. The van der Waals surface area contributed by atoms with Gasteiger partial charge in [0.2, 0.25) is 5.88 Å². The quantitative estimate of drug-likeness (QED) is 0.625. The fourth-order valence-electron chi connectivity index (χ4n) is 4.29. The number of fused-ring (bicyclic) bond motifs is 3. The van der Waals surface area contributed by atoms with Crippen LogP contribution < -0.4 is 15.4 Å². The Hall–Kier alpha value is -2.56. The molecule has 32 heavy (non-hydrogen) atoms. The molecule has 11 heteroatoms. The highest BCUT2D eigenvalue weighted by Crippen LogP contribution is 2.47. The van der Waals surface area contributed by atoms with Gasteiger partial charge in [-0.15, -0.1) is 0 Å². The molecule has 8 nitrogen and oxygen atoms in total. The summed E-state index contributed by atoms with van der Waals surface area (Å²) >= 11 is 0. The fraction of sp³-hybridized carbons (Fsp3) is 0.667. The van der Waals surface area contributed by atoms with Crippen molar-refractivity contribution in [2.45, 2.75) is 81.8 Å². The van der Waals surface area contributed by atoms with Crippen LogP contribution in [0.2, 0.25) is 0 Å². The molecule has 0 aliphatic heterocycles. The van der Waals surface area contributed by atoms with Gasteiger partial charge in [-0.2, -0.15) is 13.2 Å². The van der Waals surface area contributed by atoms with Gasteiger partial charge >= 0.3 is 12.3 Å². The number of hydrogen-bond acceptors (Lipinski definition) is 6. The number of nitrogens with zero attached hydrogens (tertiary/aromatic N) is 1. The van der Waals surface area contributed by atoms with E-state index in [-0.39, 0.29) is 12.3 Å². The molecule has 0 spiro atoms. The zero-order chi connectivity index (χ0) is 23.8. The molecule has 1 atom stereocenters. The van der Waals surface area contributed by atoms with Crippen molar-refractivity contribution in [3.05, 3.63) is 23.9 Å². The zero-order valence-corrected chi connectivity index (χ0v) is 18.2. The normalized spacial score (nSPS) is 27.5. The summed E-state index contributed by atoms with van der Waals surface area (Å²) in [5.74, 6) is -0.828. The van der Waals surface area contributed by atoms with E-state index in [0.29, 0.717) is 25.7 Å². The third-order valence-corrected chi connectivity index (χ3v) is 5.84. The van der Waals surface area contributed by atoms with Crippen molar-refractivity contribution in [1.29, 1.82) is 0 Å². The number of alkyl halides is 3. The van der Waals surface area contributed by atoms with Gasteiger partial charge in [-0.25, -0.2) is 9.78 Å². The van der Waals surface area contributed by atoms with Crippen molar-refractivity contribution in [2.24, 2.45) is 0 Å². The molecule has 0 unspecified atom stereocenters. The van der Waals surface area contributed by atoms with Gasteiger partial charge < -0.3 is 25.2 Å². The molecule has 1 aromatic heterocycles. The predicted octanol–water partition coefficient (Wildman–Crippen LogP) is 2.94. The first-order valence-electron chi connectivity index (χ1n) is 10.4. The van der Waals surface area contributed by atoms with Crippen molar-refractivity contribution in [2.75, 3.05) is 6.61 Å². The lowest BCUT2D eigenvalue weighted by molar-refractivity contribution is -0.141. The molecule has 1 aromatic rings. The van der Waals surface area contributed by atoms with Crippen LogP contribution in [0.4, 0.5) is 18.0 Å². The number of nitrogens with one attached hydrogen (secondary N) is 2. The SMILES string of the molecule is CC(C)(C)OC(=O)NC12CCC(NC(=O)COc3cccc(C(F)(F)F)n3)(CC1)C[C@@H]2O. The Bertz CT molecular complexity index is 861. The third kappa shape index (κ3) is 5.62. The minimum atomic E-state index is -4.61. The lowest BCUT2D eigenvalue weighted by Gasteiger charge is -2.56. The molecule has 178 valence electrons. The summed E-state index contributed by atoms with van der Waals surface area (Å²) in [5, 5.41) is 16.4. The van der Waals surface area contributed by atoms with Crippen LogP contribution in [0.25, 0.3) is 0 Å². The van der Waals surface area contributed by atoms with Crippen LogP contribution >= 0.6 is 0 Å². The molecule has 3 fully saturated rings. The van der Waals surface area contributed by atoms with E-state index in [1.165, 1.54) is 6.07 Å². The molecule has 2 amide bonds. The number of amides is 2. The molecule has 3 saturated carbocycles. The number of aliphatic hydroxyl groups is 1. The monoisotopic (exact) mass is 459 g/mol. The summed E-state index contributed by atoms with van der Waals surface area (Å²) in [5.41, 5.74) is -3.25. The lowest BCUT2D eigenvalue weighted by atomic mass is 9.60. The van der Waals surface area contributed by atoms with Crippen molar-refractivity contribution in [1.82, 2.24) is 15.6 Å². The van der Waals surface area contributed by atoms with E-state index in [4.69, 9.17) is 9.47 Å². The number of ether oxygens (including phenoxy) is 2. The van der Waals surface area contributed by atoms with Crippen molar-refractivity contribution < 1.29 is 37.3 Å².